The minimum atomic E-state index is 0.996. The highest BCUT2D eigenvalue weighted by molar-refractivity contribution is 6.20. The maximum atomic E-state index is 5.29. The molecular weight excluding hydrogens is 789 g/mol. The molecule has 0 aliphatic heterocycles. The Morgan fingerprint density at radius 1 is 0.231 bits per heavy atom. The number of fused-ring (bicyclic) bond motifs is 12. The molecule has 65 heavy (non-hydrogen) atoms. The Bertz CT molecular complexity index is 3990. The van der Waals surface area contributed by atoms with Crippen LogP contribution in [0.5, 0.6) is 0 Å². The highest BCUT2D eigenvalue weighted by atomic mass is 15.0. The van der Waals surface area contributed by atoms with Gasteiger partial charge in [0.25, 0.3) is 0 Å². The third-order valence-electron chi connectivity index (χ3n) is 13.6. The fourth-order valence-electron chi connectivity index (χ4n) is 10.7. The van der Waals surface area contributed by atoms with Gasteiger partial charge in [0.2, 0.25) is 0 Å². The van der Waals surface area contributed by atoms with Crippen molar-refractivity contribution in [3.05, 3.63) is 231 Å². The van der Waals surface area contributed by atoms with Crippen molar-refractivity contribution in [2.75, 3.05) is 0 Å². The molecular formula is C61H38N4. The smallest absolute Gasteiger partial charge is 0.0788 e. The number of aromatic nitrogens is 4. The van der Waals surface area contributed by atoms with Gasteiger partial charge in [-0.25, -0.2) is 4.98 Å². The zero-order chi connectivity index (χ0) is 42.6. The zero-order valence-corrected chi connectivity index (χ0v) is 35.2. The first-order valence-corrected chi connectivity index (χ1v) is 22.3. The van der Waals surface area contributed by atoms with E-state index < -0.39 is 0 Å². The summed E-state index contributed by atoms with van der Waals surface area (Å²) in [7, 11) is 0. The fourth-order valence-corrected chi connectivity index (χ4v) is 10.7. The number of nitrogens with zero attached hydrogens (tertiary/aromatic N) is 4. The Kier molecular flexibility index (Phi) is 7.65. The van der Waals surface area contributed by atoms with Crippen LogP contribution in [0.2, 0.25) is 0 Å². The third-order valence-corrected chi connectivity index (χ3v) is 13.6. The lowest BCUT2D eigenvalue weighted by atomic mass is 9.98. The maximum absolute atomic E-state index is 5.29. The molecule has 0 aliphatic carbocycles. The minimum absolute atomic E-state index is 0.996. The molecule has 0 bridgehead atoms. The van der Waals surface area contributed by atoms with Crippen molar-refractivity contribution in [2.24, 2.45) is 0 Å². The van der Waals surface area contributed by atoms with Crippen LogP contribution >= 0.6 is 0 Å². The molecule has 10 aromatic carbocycles. The number of benzene rings is 10. The molecule has 4 heteroatoms. The van der Waals surface area contributed by atoms with E-state index in [4.69, 9.17) is 4.98 Å². The number of hydrogen-bond acceptors (Lipinski definition) is 1. The van der Waals surface area contributed by atoms with Crippen LogP contribution in [0.3, 0.4) is 0 Å². The predicted molar refractivity (Wildman–Crippen MR) is 273 cm³/mol. The van der Waals surface area contributed by atoms with Crippen molar-refractivity contribution in [3.8, 4) is 39.4 Å². The third kappa shape index (κ3) is 5.35. The van der Waals surface area contributed by atoms with Gasteiger partial charge >= 0.3 is 0 Å². The monoisotopic (exact) mass is 826 g/mol. The summed E-state index contributed by atoms with van der Waals surface area (Å²) in [5.74, 6) is 0. The number of rotatable bonds is 5. The molecule has 0 radical (unpaired) electrons. The van der Waals surface area contributed by atoms with Gasteiger partial charge in [0, 0.05) is 65.7 Å². The van der Waals surface area contributed by atoms with Crippen LogP contribution in [0.15, 0.2) is 231 Å². The van der Waals surface area contributed by atoms with E-state index in [1.807, 2.05) is 0 Å². The first kappa shape index (κ1) is 35.8. The van der Waals surface area contributed by atoms with Crippen LogP contribution in [-0.2, 0) is 0 Å². The van der Waals surface area contributed by atoms with Gasteiger partial charge in [0.1, 0.15) is 0 Å². The van der Waals surface area contributed by atoms with Crippen molar-refractivity contribution in [3.63, 3.8) is 0 Å². The maximum Gasteiger partial charge on any atom is 0.0788 e. The van der Waals surface area contributed by atoms with Gasteiger partial charge in [0.05, 0.1) is 44.3 Å². The highest BCUT2D eigenvalue weighted by Crippen LogP contribution is 2.42. The van der Waals surface area contributed by atoms with Crippen molar-refractivity contribution in [1.29, 1.82) is 0 Å². The molecule has 0 saturated carbocycles. The van der Waals surface area contributed by atoms with E-state index in [0.717, 1.165) is 61.3 Å². The lowest BCUT2D eigenvalue weighted by molar-refractivity contribution is 1.13. The largest absolute Gasteiger partial charge is 0.309 e. The van der Waals surface area contributed by atoms with Crippen LogP contribution in [-0.4, -0.2) is 18.7 Å². The van der Waals surface area contributed by atoms with Crippen LogP contribution in [0.4, 0.5) is 0 Å². The summed E-state index contributed by atoms with van der Waals surface area (Å²) < 4.78 is 7.30. The molecule has 0 fully saturated rings. The van der Waals surface area contributed by atoms with Gasteiger partial charge in [-0.15, -0.1) is 0 Å². The lowest BCUT2D eigenvalue weighted by Gasteiger charge is -2.16. The van der Waals surface area contributed by atoms with E-state index in [2.05, 4.69) is 244 Å². The summed E-state index contributed by atoms with van der Waals surface area (Å²) in [6.45, 7) is 0. The number of pyridine rings is 1. The quantitative estimate of drug-likeness (QED) is 0.159. The lowest BCUT2D eigenvalue weighted by Crippen LogP contribution is -2.00. The Morgan fingerprint density at radius 2 is 0.662 bits per heavy atom. The van der Waals surface area contributed by atoms with Crippen molar-refractivity contribution >= 4 is 87.1 Å². The predicted octanol–water partition coefficient (Wildman–Crippen LogP) is 16.0. The summed E-state index contributed by atoms with van der Waals surface area (Å²) in [5, 5.41) is 10.9. The fraction of sp³-hybridized carbons (Fsp3) is 0. The summed E-state index contributed by atoms with van der Waals surface area (Å²) in [4.78, 5) is 5.29. The van der Waals surface area contributed by atoms with Crippen molar-refractivity contribution in [2.45, 2.75) is 0 Å². The van der Waals surface area contributed by atoms with E-state index >= 15 is 0 Å². The molecule has 0 spiro atoms. The average Bonchev–Trinajstić information content (AvgIpc) is 4.01. The van der Waals surface area contributed by atoms with Crippen molar-refractivity contribution in [1.82, 2.24) is 18.7 Å². The summed E-state index contributed by atoms with van der Waals surface area (Å²) in [6.07, 6.45) is 0. The van der Waals surface area contributed by atoms with Gasteiger partial charge in [-0.3, -0.25) is 0 Å². The first-order chi connectivity index (χ1) is 32.2. The normalized spacial score (nSPS) is 12.0. The van der Waals surface area contributed by atoms with E-state index in [0.29, 0.717) is 0 Å². The Hall–Kier alpha value is -8.73. The van der Waals surface area contributed by atoms with Crippen LogP contribution in [0.25, 0.3) is 127 Å². The van der Waals surface area contributed by atoms with E-state index in [1.165, 1.54) is 65.3 Å². The molecule has 0 saturated heterocycles. The van der Waals surface area contributed by atoms with E-state index in [9.17, 15) is 0 Å². The summed E-state index contributed by atoms with van der Waals surface area (Å²) in [6, 6.07) is 84.0. The molecule has 0 N–H and O–H groups in total. The van der Waals surface area contributed by atoms with Gasteiger partial charge in [-0.05, 0) is 95.4 Å². The van der Waals surface area contributed by atoms with E-state index in [1.54, 1.807) is 0 Å². The van der Waals surface area contributed by atoms with Gasteiger partial charge in [0.15, 0.2) is 0 Å². The molecule has 0 aliphatic rings. The molecule has 0 atom stereocenters. The second-order valence-corrected chi connectivity index (χ2v) is 17.1. The molecule has 0 amide bonds. The molecule has 14 rings (SSSR count). The topological polar surface area (TPSA) is 27.7 Å². The number of hydrogen-bond donors (Lipinski definition) is 0. The first-order valence-electron chi connectivity index (χ1n) is 22.3. The SMILES string of the molecule is c1ccc(-c2nc3ccccc3c3cc4c5ccccc5n(-c5ccc(-c6cc(-n7c8ccccc8c8ccccc87)cc(-n7c8ccccc8c8ccccc87)c6)cc5)c4cc23)cc1. The second-order valence-electron chi connectivity index (χ2n) is 17.1. The van der Waals surface area contributed by atoms with Crippen molar-refractivity contribution < 1.29 is 0 Å². The van der Waals surface area contributed by atoms with Crippen LogP contribution < -0.4 is 0 Å². The summed E-state index contributed by atoms with van der Waals surface area (Å²) >= 11 is 0. The van der Waals surface area contributed by atoms with Crippen LogP contribution in [0.1, 0.15) is 0 Å². The zero-order valence-electron chi connectivity index (χ0n) is 35.2. The Balaban J connectivity index is 0.996. The minimum Gasteiger partial charge on any atom is -0.309 e. The standard InChI is InChI=1S/C61H38N4/c1-2-16-40(17-3-1)61-53-38-60-52(37-51(53)45-18-4-10-24-54(45)62-61)50-23-9-15-29-59(50)63(60)42-32-30-39(31-33-42)41-34-43(64-55-25-11-5-19-46(55)47-20-6-12-26-56(47)64)36-44(35-41)65-57-27-13-7-21-48(57)49-22-8-14-28-58(49)65/h1-38H. The second kappa shape index (κ2) is 13.9. The number of para-hydroxylation sites is 6. The molecule has 4 aromatic heterocycles. The van der Waals surface area contributed by atoms with Gasteiger partial charge < -0.3 is 13.7 Å². The van der Waals surface area contributed by atoms with Gasteiger partial charge in [-0.1, -0.05) is 152 Å². The van der Waals surface area contributed by atoms with E-state index in [-0.39, 0.29) is 0 Å². The van der Waals surface area contributed by atoms with Gasteiger partial charge in [-0.2, -0.15) is 0 Å². The molecule has 0 unspecified atom stereocenters. The Morgan fingerprint density at radius 3 is 1.18 bits per heavy atom. The molecule has 4 heterocycles. The Labute approximate surface area is 374 Å². The molecule has 14 aromatic rings. The van der Waals surface area contributed by atoms with Crippen LogP contribution in [0, 0.1) is 0 Å². The summed E-state index contributed by atoms with van der Waals surface area (Å²) in [5.41, 5.74) is 15.8. The molecule has 302 valence electrons. The highest BCUT2D eigenvalue weighted by Gasteiger charge is 2.20. The average molecular weight is 827 g/mol. The molecule has 4 nitrogen and oxygen atoms in total.